The van der Waals surface area contributed by atoms with E-state index in [1.807, 2.05) is 6.92 Å². The van der Waals surface area contributed by atoms with Crippen molar-refractivity contribution in [3.63, 3.8) is 0 Å². The Labute approximate surface area is 162 Å². The first-order chi connectivity index (χ1) is 13.0. The van der Waals surface area contributed by atoms with E-state index in [0.29, 0.717) is 16.5 Å². The zero-order chi connectivity index (χ0) is 19.2. The van der Waals surface area contributed by atoms with Crippen LogP contribution in [0.5, 0.6) is 11.8 Å². The second kappa shape index (κ2) is 8.81. The van der Waals surface area contributed by atoms with E-state index in [1.165, 1.54) is 12.4 Å². The normalized spacial score (nSPS) is 14.4. The lowest BCUT2D eigenvalue weighted by Crippen LogP contribution is -2.39. The van der Waals surface area contributed by atoms with Gasteiger partial charge in [0, 0.05) is 11.6 Å². The monoisotopic (exact) mass is 388 g/mol. The number of carbonyl (C=O) groups excluding carboxylic acids is 2. The van der Waals surface area contributed by atoms with E-state index in [0.717, 1.165) is 37.7 Å². The molecule has 0 bridgehead atoms. The van der Waals surface area contributed by atoms with Gasteiger partial charge >= 0.3 is 12.0 Å². The number of nitrogens with zero attached hydrogens (tertiary/aromatic N) is 2. The highest BCUT2D eigenvalue weighted by Crippen LogP contribution is 2.26. The summed E-state index contributed by atoms with van der Waals surface area (Å²) in [5, 5.41) is 5.52. The molecular weight excluding hydrogens is 368 g/mol. The molecule has 0 unspecified atom stereocenters. The molecule has 2 aromatic rings. The maximum Gasteiger partial charge on any atom is 0.325 e. The first kappa shape index (κ1) is 19.1. The molecule has 142 valence electrons. The van der Waals surface area contributed by atoms with Crippen molar-refractivity contribution in [2.45, 2.75) is 39.0 Å². The third kappa shape index (κ3) is 5.40. The summed E-state index contributed by atoms with van der Waals surface area (Å²) < 4.78 is 5.60. The van der Waals surface area contributed by atoms with E-state index in [4.69, 9.17) is 16.3 Å². The van der Waals surface area contributed by atoms with Crippen molar-refractivity contribution in [1.82, 2.24) is 15.3 Å². The van der Waals surface area contributed by atoms with Gasteiger partial charge in [-0.05, 0) is 43.5 Å². The van der Waals surface area contributed by atoms with Crippen molar-refractivity contribution in [2.75, 3.05) is 5.32 Å². The number of ether oxygens (including phenoxy) is 1. The Morgan fingerprint density at radius 3 is 2.52 bits per heavy atom. The fraction of sp³-hybridized carbons (Fsp3) is 0.368. The van der Waals surface area contributed by atoms with Crippen LogP contribution >= 0.6 is 11.6 Å². The molecule has 3 amide bonds. The Hall–Kier alpha value is -2.67. The quantitative estimate of drug-likeness (QED) is 0.806. The lowest BCUT2D eigenvalue weighted by atomic mass is 9.89. The summed E-state index contributed by atoms with van der Waals surface area (Å²) in [6, 6.07) is 4.78. The Bertz CT molecular complexity index is 820. The number of anilines is 1. The van der Waals surface area contributed by atoms with Crippen LogP contribution in [0, 0.1) is 12.8 Å². The molecule has 1 heterocycles. The van der Waals surface area contributed by atoms with Crippen LogP contribution in [-0.2, 0) is 4.79 Å². The molecule has 27 heavy (non-hydrogen) atoms. The minimum absolute atomic E-state index is 0.0682. The van der Waals surface area contributed by atoms with E-state index < -0.39 is 6.03 Å². The summed E-state index contributed by atoms with van der Waals surface area (Å²) in [6.45, 7) is 1.83. The number of halogens is 1. The highest BCUT2D eigenvalue weighted by molar-refractivity contribution is 6.30. The van der Waals surface area contributed by atoms with Crippen LogP contribution < -0.4 is 15.4 Å². The van der Waals surface area contributed by atoms with Gasteiger partial charge in [0.1, 0.15) is 5.75 Å². The SMILES string of the molecule is Cc1cc(NC(=O)NC(=O)C2CCCCC2)ccc1Oc1ncc(Cl)cn1. The summed E-state index contributed by atoms with van der Waals surface area (Å²) in [5.74, 6) is 0.284. The number of rotatable bonds is 4. The molecule has 0 aliphatic heterocycles. The van der Waals surface area contributed by atoms with Gasteiger partial charge in [0.05, 0.1) is 17.4 Å². The number of carbonyl (C=O) groups is 2. The molecule has 0 atom stereocenters. The van der Waals surface area contributed by atoms with Crippen molar-refractivity contribution in [2.24, 2.45) is 5.92 Å². The Kier molecular flexibility index (Phi) is 6.24. The third-order valence-electron chi connectivity index (χ3n) is 4.44. The number of aryl methyl sites for hydroxylation is 1. The Morgan fingerprint density at radius 1 is 1.15 bits per heavy atom. The first-order valence-corrected chi connectivity index (χ1v) is 9.27. The lowest BCUT2D eigenvalue weighted by molar-refractivity contribution is -0.124. The molecule has 1 aromatic carbocycles. The molecule has 1 aromatic heterocycles. The summed E-state index contributed by atoms with van der Waals surface area (Å²) in [7, 11) is 0. The summed E-state index contributed by atoms with van der Waals surface area (Å²) in [5.41, 5.74) is 1.34. The summed E-state index contributed by atoms with van der Waals surface area (Å²) >= 11 is 5.75. The average molecular weight is 389 g/mol. The van der Waals surface area contributed by atoms with E-state index in [1.54, 1.807) is 18.2 Å². The molecule has 0 radical (unpaired) electrons. The Morgan fingerprint density at radius 2 is 1.85 bits per heavy atom. The van der Waals surface area contributed by atoms with Crippen molar-refractivity contribution in [1.29, 1.82) is 0 Å². The number of urea groups is 1. The van der Waals surface area contributed by atoms with Crippen molar-refractivity contribution in [3.8, 4) is 11.8 Å². The van der Waals surface area contributed by atoms with Gasteiger partial charge in [0.15, 0.2) is 0 Å². The predicted octanol–water partition coefficient (Wildman–Crippen LogP) is 4.46. The fourth-order valence-electron chi connectivity index (χ4n) is 3.03. The van der Waals surface area contributed by atoms with Gasteiger partial charge in [0.25, 0.3) is 0 Å². The minimum atomic E-state index is -0.528. The lowest BCUT2D eigenvalue weighted by Gasteiger charge is -2.20. The predicted molar refractivity (Wildman–Crippen MR) is 102 cm³/mol. The maximum atomic E-state index is 12.1. The number of benzene rings is 1. The van der Waals surface area contributed by atoms with Gasteiger partial charge in [-0.15, -0.1) is 0 Å². The van der Waals surface area contributed by atoms with E-state index in [9.17, 15) is 9.59 Å². The van der Waals surface area contributed by atoms with Crippen LogP contribution in [-0.4, -0.2) is 21.9 Å². The van der Waals surface area contributed by atoms with Gasteiger partial charge in [-0.1, -0.05) is 30.9 Å². The highest BCUT2D eigenvalue weighted by Gasteiger charge is 2.22. The number of aromatic nitrogens is 2. The molecule has 7 nitrogen and oxygen atoms in total. The molecular formula is C19H21ClN4O3. The molecule has 1 fully saturated rings. The third-order valence-corrected chi connectivity index (χ3v) is 4.64. The van der Waals surface area contributed by atoms with Gasteiger partial charge < -0.3 is 10.1 Å². The topological polar surface area (TPSA) is 93.2 Å². The highest BCUT2D eigenvalue weighted by atomic mass is 35.5. The molecule has 1 aliphatic rings. The van der Waals surface area contributed by atoms with E-state index in [-0.39, 0.29) is 17.8 Å². The molecule has 8 heteroatoms. The number of amides is 3. The standard InChI is InChI=1S/C19H21ClN4O3/c1-12-9-15(7-8-16(12)27-19-21-10-14(20)11-22-19)23-18(26)24-17(25)13-5-3-2-4-6-13/h7-11,13H,2-6H2,1H3,(H2,23,24,25,26). The molecule has 3 rings (SSSR count). The molecule has 1 aliphatic carbocycles. The Balaban J connectivity index is 1.57. The van der Waals surface area contributed by atoms with Crippen LogP contribution in [0.25, 0.3) is 0 Å². The fourth-order valence-corrected chi connectivity index (χ4v) is 3.13. The number of imide groups is 1. The number of hydrogen-bond acceptors (Lipinski definition) is 5. The minimum Gasteiger partial charge on any atom is -0.424 e. The van der Waals surface area contributed by atoms with Crippen LogP contribution in [0.2, 0.25) is 5.02 Å². The zero-order valence-corrected chi connectivity index (χ0v) is 15.8. The van der Waals surface area contributed by atoms with Crippen LogP contribution in [0.3, 0.4) is 0 Å². The van der Waals surface area contributed by atoms with Crippen LogP contribution in [0.4, 0.5) is 10.5 Å². The zero-order valence-electron chi connectivity index (χ0n) is 15.0. The van der Waals surface area contributed by atoms with E-state index >= 15 is 0 Å². The largest absolute Gasteiger partial charge is 0.424 e. The summed E-state index contributed by atoms with van der Waals surface area (Å²) in [4.78, 5) is 32.2. The van der Waals surface area contributed by atoms with Gasteiger partial charge in [0.2, 0.25) is 5.91 Å². The first-order valence-electron chi connectivity index (χ1n) is 8.89. The summed E-state index contributed by atoms with van der Waals surface area (Å²) in [6.07, 6.45) is 7.82. The second-order valence-electron chi connectivity index (χ2n) is 6.54. The van der Waals surface area contributed by atoms with Gasteiger partial charge in [-0.2, -0.15) is 0 Å². The number of nitrogens with one attached hydrogen (secondary N) is 2. The maximum absolute atomic E-state index is 12.1. The van der Waals surface area contributed by atoms with Gasteiger partial charge in [-0.25, -0.2) is 14.8 Å². The van der Waals surface area contributed by atoms with Crippen LogP contribution in [0.1, 0.15) is 37.7 Å². The van der Waals surface area contributed by atoms with Gasteiger partial charge in [-0.3, -0.25) is 10.1 Å². The molecule has 0 saturated heterocycles. The van der Waals surface area contributed by atoms with Crippen molar-refractivity contribution in [3.05, 3.63) is 41.2 Å². The second-order valence-corrected chi connectivity index (χ2v) is 6.98. The van der Waals surface area contributed by atoms with Crippen LogP contribution in [0.15, 0.2) is 30.6 Å². The van der Waals surface area contributed by atoms with Crippen molar-refractivity contribution < 1.29 is 14.3 Å². The number of hydrogen-bond donors (Lipinski definition) is 2. The molecule has 1 saturated carbocycles. The average Bonchev–Trinajstić information content (AvgIpc) is 2.66. The molecule has 2 N–H and O–H groups in total. The molecule has 0 spiro atoms. The van der Waals surface area contributed by atoms with E-state index in [2.05, 4.69) is 20.6 Å². The van der Waals surface area contributed by atoms with Crippen molar-refractivity contribution >= 4 is 29.2 Å². The smallest absolute Gasteiger partial charge is 0.325 e.